The van der Waals surface area contributed by atoms with Crippen LogP contribution in [0.5, 0.6) is 5.75 Å². The van der Waals surface area contributed by atoms with E-state index in [2.05, 4.69) is 11.7 Å². The summed E-state index contributed by atoms with van der Waals surface area (Å²) in [6, 6.07) is 10.0. The normalized spacial score (nSPS) is 10.2. The van der Waals surface area contributed by atoms with E-state index in [1.165, 1.54) is 0 Å². The van der Waals surface area contributed by atoms with Gasteiger partial charge in [0.05, 0.1) is 12.7 Å². The molecule has 0 aliphatic carbocycles. The Labute approximate surface area is 94.7 Å². The average molecular weight is 214 g/mol. The van der Waals surface area contributed by atoms with Gasteiger partial charge in [0.15, 0.2) is 5.75 Å². The standard InChI is InChI=1S/C13H14N2O/c1-2-6-12-13(16)10-15(14-12)9-11-7-4-3-5-8-11/h2-5,7-8,10,16H,1,6,9H2. The van der Waals surface area contributed by atoms with Crippen molar-refractivity contribution in [3.05, 3.63) is 60.4 Å². The summed E-state index contributed by atoms with van der Waals surface area (Å²) in [4.78, 5) is 0. The number of aromatic nitrogens is 2. The number of hydrogen-bond donors (Lipinski definition) is 1. The first-order chi connectivity index (χ1) is 7.79. The molecule has 0 fully saturated rings. The van der Waals surface area contributed by atoms with Gasteiger partial charge in [-0.1, -0.05) is 36.4 Å². The number of hydrogen-bond acceptors (Lipinski definition) is 2. The third-order valence-corrected chi connectivity index (χ3v) is 2.34. The minimum Gasteiger partial charge on any atom is -0.504 e. The van der Waals surface area contributed by atoms with Crippen LogP contribution in [-0.4, -0.2) is 14.9 Å². The minimum atomic E-state index is 0.232. The quantitative estimate of drug-likeness (QED) is 0.793. The van der Waals surface area contributed by atoms with E-state index in [-0.39, 0.29) is 5.75 Å². The first-order valence-electron chi connectivity index (χ1n) is 5.19. The number of benzene rings is 1. The molecule has 0 aliphatic heterocycles. The van der Waals surface area contributed by atoms with Gasteiger partial charge in [0.2, 0.25) is 0 Å². The Balaban J connectivity index is 2.16. The van der Waals surface area contributed by atoms with Crippen LogP contribution in [0.3, 0.4) is 0 Å². The molecule has 1 N–H and O–H groups in total. The van der Waals surface area contributed by atoms with Crippen LogP contribution in [0.4, 0.5) is 0 Å². The fraction of sp³-hybridized carbons (Fsp3) is 0.154. The Bertz CT molecular complexity index is 474. The van der Waals surface area contributed by atoms with E-state index < -0.39 is 0 Å². The molecule has 0 atom stereocenters. The molecular weight excluding hydrogens is 200 g/mol. The van der Waals surface area contributed by atoms with Crippen molar-refractivity contribution in [1.82, 2.24) is 9.78 Å². The van der Waals surface area contributed by atoms with Crippen LogP contribution >= 0.6 is 0 Å². The second kappa shape index (κ2) is 4.66. The van der Waals surface area contributed by atoms with Crippen molar-refractivity contribution >= 4 is 0 Å². The third-order valence-electron chi connectivity index (χ3n) is 2.34. The van der Waals surface area contributed by atoms with Gasteiger partial charge in [-0.05, 0) is 5.56 Å². The lowest BCUT2D eigenvalue weighted by Gasteiger charge is -2.00. The minimum absolute atomic E-state index is 0.232. The zero-order valence-corrected chi connectivity index (χ0v) is 9.00. The molecule has 0 aliphatic rings. The lowest BCUT2D eigenvalue weighted by Crippen LogP contribution is -2.00. The van der Waals surface area contributed by atoms with E-state index >= 15 is 0 Å². The molecule has 0 saturated carbocycles. The maximum Gasteiger partial charge on any atom is 0.157 e. The summed E-state index contributed by atoms with van der Waals surface area (Å²) in [5.41, 5.74) is 1.83. The highest BCUT2D eigenvalue weighted by Crippen LogP contribution is 2.16. The molecule has 0 amide bonds. The van der Waals surface area contributed by atoms with Gasteiger partial charge in [-0.3, -0.25) is 4.68 Å². The topological polar surface area (TPSA) is 38.0 Å². The number of nitrogens with zero attached hydrogens (tertiary/aromatic N) is 2. The highest BCUT2D eigenvalue weighted by Gasteiger charge is 2.05. The third kappa shape index (κ3) is 2.31. The monoisotopic (exact) mass is 214 g/mol. The van der Waals surface area contributed by atoms with Gasteiger partial charge in [0, 0.05) is 6.42 Å². The molecule has 2 rings (SSSR count). The first kappa shape index (κ1) is 10.5. The number of allylic oxidation sites excluding steroid dienone is 1. The van der Waals surface area contributed by atoms with Crippen molar-refractivity contribution in [2.75, 3.05) is 0 Å². The molecular formula is C13H14N2O. The van der Waals surface area contributed by atoms with Gasteiger partial charge in [-0.15, -0.1) is 6.58 Å². The lowest BCUT2D eigenvalue weighted by molar-refractivity contribution is 0.469. The predicted octanol–water partition coefficient (Wildman–Crippen LogP) is 2.37. The fourth-order valence-corrected chi connectivity index (χ4v) is 1.58. The number of aromatic hydroxyl groups is 1. The number of rotatable bonds is 4. The van der Waals surface area contributed by atoms with Gasteiger partial charge in [0.25, 0.3) is 0 Å². The summed E-state index contributed by atoms with van der Waals surface area (Å²) in [6.45, 7) is 4.30. The molecule has 2 aromatic rings. The van der Waals surface area contributed by atoms with Gasteiger partial charge in [-0.25, -0.2) is 0 Å². The maximum absolute atomic E-state index is 9.61. The Morgan fingerprint density at radius 1 is 1.31 bits per heavy atom. The van der Waals surface area contributed by atoms with Crippen molar-refractivity contribution in [1.29, 1.82) is 0 Å². The van der Waals surface area contributed by atoms with E-state index in [4.69, 9.17) is 0 Å². The van der Waals surface area contributed by atoms with Crippen LogP contribution in [-0.2, 0) is 13.0 Å². The highest BCUT2D eigenvalue weighted by atomic mass is 16.3. The second-order valence-corrected chi connectivity index (χ2v) is 3.64. The Hall–Kier alpha value is -2.03. The SMILES string of the molecule is C=CCc1nn(Cc2ccccc2)cc1O. The highest BCUT2D eigenvalue weighted by molar-refractivity contribution is 5.25. The van der Waals surface area contributed by atoms with E-state index in [0.29, 0.717) is 18.7 Å². The van der Waals surface area contributed by atoms with Gasteiger partial charge < -0.3 is 5.11 Å². The molecule has 0 radical (unpaired) electrons. The summed E-state index contributed by atoms with van der Waals surface area (Å²) < 4.78 is 1.74. The first-order valence-corrected chi connectivity index (χ1v) is 5.19. The summed E-state index contributed by atoms with van der Waals surface area (Å²) >= 11 is 0. The van der Waals surface area contributed by atoms with Gasteiger partial charge >= 0.3 is 0 Å². The summed E-state index contributed by atoms with van der Waals surface area (Å²) in [6.07, 6.45) is 3.97. The van der Waals surface area contributed by atoms with Crippen LogP contribution < -0.4 is 0 Å². The molecule has 1 aromatic carbocycles. The Morgan fingerprint density at radius 3 is 2.75 bits per heavy atom. The second-order valence-electron chi connectivity index (χ2n) is 3.64. The van der Waals surface area contributed by atoms with Crippen LogP contribution in [0.15, 0.2) is 49.2 Å². The Kier molecular flexibility index (Phi) is 3.05. The zero-order chi connectivity index (χ0) is 11.4. The molecule has 1 heterocycles. The van der Waals surface area contributed by atoms with Crippen molar-refractivity contribution in [2.45, 2.75) is 13.0 Å². The molecule has 3 nitrogen and oxygen atoms in total. The molecule has 0 saturated heterocycles. The molecule has 82 valence electrons. The maximum atomic E-state index is 9.61. The zero-order valence-electron chi connectivity index (χ0n) is 9.00. The molecule has 0 bridgehead atoms. The summed E-state index contributed by atoms with van der Waals surface area (Å²) in [7, 11) is 0. The molecule has 0 spiro atoms. The van der Waals surface area contributed by atoms with Gasteiger partial charge in [0.1, 0.15) is 5.69 Å². The van der Waals surface area contributed by atoms with E-state index in [9.17, 15) is 5.11 Å². The van der Waals surface area contributed by atoms with Crippen molar-refractivity contribution in [2.24, 2.45) is 0 Å². The van der Waals surface area contributed by atoms with Crippen molar-refractivity contribution < 1.29 is 5.11 Å². The largest absolute Gasteiger partial charge is 0.504 e. The summed E-state index contributed by atoms with van der Waals surface area (Å²) in [5, 5.41) is 13.9. The molecule has 16 heavy (non-hydrogen) atoms. The van der Waals surface area contributed by atoms with E-state index in [0.717, 1.165) is 5.56 Å². The summed E-state index contributed by atoms with van der Waals surface area (Å²) in [5.74, 6) is 0.232. The van der Waals surface area contributed by atoms with E-state index in [1.54, 1.807) is 17.0 Å². The molecule has 1 aromatic heterocycles. The van der Waals surface area contributed by atoms with E-state index in [1.807, 2.05) is 30.3 Å². The van der Waals surface area contributed by atoms with Crippen LogP contribution in [0.25, 0.3) is 0 Å². The van der Waals surface area contributed by atoms with Gasteiger partial charge in [-0.2, -0.15) is 5.10 Å². The van der Waals surface area contributed by atoms with Crippen LogP contribution in [0.1, 0.15) is 11.3 Å². The van der Waals surface area contributed by atoms with Crippen LogP contribution in [0, 0.1) is 0 Å². The molecule has 0 unspecified atom stereocenters. The lowest BCUT2D eigenvalue weighted by atomic mass is 10.2. The van der Waals surface area contributed by atoms with Crippen molar-refractivity contribution in [3.8, 4) is 5.75 Å². The fourth-order valence-electron chi connectivity index (χ4n) is 1.58. The van der Waals surface area contributed by atoms with Crippen molar-refractivity contribution in [3.63, 3.8) is 0 Å². The molecule has 3 heteroatoms. The average Bonchev–Trinajstić information content (AvgIpc) is 2.61. The van der Waals surface area contributed by atoms with Crippen LogP contribution in [0.2, 0.25) is 0 Å². The smallest absolute Gasteiger partial charge is 0.157 e. The Morgan fingerprint density at radius 2 is 2.06 bits per heavy atom. The predicted molar refractivity (Wildman–Crippen MR) is 63.3 cm³/mol.